The van der Waals surface area contributed by atoms with Crippen LogP contribution in [0.25, 0.3) is 10.9 Å². The molecule has 1 aromatic heterocycles. The molecular formula is C21H19Cl2N3O4. The Labute approximate surface area is 182 Å². The number of halogens is 2. The molecule has 0 saturated carbocycles. The average molecular weight is 448 g/mol. The maximum absolute atomic E-state index is 13.3. The van der Waals surface area contributed by atoms with E-state index in [2.05, 4.69) is 10.3 Å². The first-order chi connectivity index (χ1) is 14.1. The molecule has 2 aromatic carbocycles. The number of anilines is 2. The number of nitrogens with zero attached hydrogens (tertiary/aromatic N) is 1. The second-order valence-electron chi connectivity index (χ2n) is 7.38. The van der Waals surface area contributed by atoms with Gasteiger partial charge in [0.15, 0.2) is 5.78 Å². The Morgan fingerprint density at radius 1 is 1.23 bits per heavy atom. The van der Waals surface area contributed by atoms with Crippen LogP contribution in [0.5, 0.6) is 0 Å². The Hall–Kier alpha value is -2.90. The Balaban J connectivity index is 2.34. The fourth-order valence-corrected chi connectivity index (χ4v) is 3.68. The quantitative estimate of drug-likeness (QED) is 0.272. The number of ketones is 1. The van der Waals surface area contributed by atoms with E-state index < -0.39 is 16.1 Å². The van der Waals surface area contributed by atoms with Gasteiger partial charge in [-0.3, -0.25) is 19.7 Å². The minimum Gasteiger partial charge on any atom is -0.340 e. The lowest BCUT2D eigenvalue weighted by Crippen LogP contribution is -2.21. The number of nitro groups is 1. The van der Waals surface area contributed by atoms with E-state index in [0.717, 1.165) is 0 Å². The van der Waals surface area contributed by atoms with Gasteiger partial charge in [0.2, 0.25) is 5.43 Å². The summed E-state index contributed by atoms with van der Waals surface area (Å²) in [6.07, 6.45) is 0.108. The van der Waals surface area contributed by atoms with Gasteiger partial charge in [0.05, 0.1) is 21.2 Å². The molecule has 9 heteroatoms. The second kappa shape index (κ2) is 8.45. The first-order valence-electron chi connectivity index (χ1n) is 9.19. The van der Waals surface area contributed by atoms with E-state index in [1.807, 2.05) is 13.8 Å². The van der Waals surface area contributed by atoms with Crippen LogP contribution in [-0.4, -0.2) is 15.7 Å². The molecule has 0 aliphatic heterocycles. The molecule has 0 spiro atoms. The normalized spacial score (nSPS) is 11.1. The molecule has 0 aliphatic carbocycles. The van der Waals surface area contributed by atoms with Crippen LogP contribution >= 0.6 is 23.2 Å². The van der Waals surface area contributed by atoms with Gasteiger partial charge in [-0.15, -0.1) is 0 Å². The van der Waals surface area contributed by atoms with Crippen molar-refractivity contribution in [3.63, 3.8) is 0 Å². The molecule has 2 N–H and O–H groups in total. The van der Waals surface area contributed by atoms with E-state index in [1.165, 1.54) is 12.1 Å². The number of hydrogen-bond acceptors (Lipinski definition) is 5. The number of aryl methyl sites for hydroxylation is 1. The van der Waals surface area contributed by atoms with Crippen LogP contribution in [0, 0.1) is 23.0 Å². The van der Waals surface area contributed by atoms with E-state index >= 15 is 0 Å². The summed E-state index contributed by atoms with van der Waals surface area (Å²) in [7, 11) is 0. The third kappa shape index (κ3) is 4.17. The number of carbonyl (C=O) groups is 1. The molecule has 0 bridgehead atoms. The van der Waals surface area contributed by atoms with E-state index in [4.69, 9.17) is 23.2 Å². The molecule has 30 heavy (non-hydrogen) atoms. The predicted octanol–water partition coefficient (Wildman–Crippen LogP) is 6.02. The first-order valence-corrected chi connectivity index (χ1v) is 9.95. The van der Waals surface area contributed by atoms with E-state index in [1.54, 1.807) is 25.1 Å². The number of H-pyrrole nitrogens is 1. The Morgan fingerprint density at radius 2 is 1.93 bits per heavy atom. The van der Waals surface area contributed by atoms with Crippen LogP contribution in [0.2, 0.25) is 10.0 Å². The summed E-state index contributed by atoms with van der Waals surface area (Å²) in [6.45, 7) is 5.42. The van der Waals surface area contributed by atoms with Crippen LogP contribution in [0.4, 0.5) is 17.2 Å². The minimum atomic E-state index is -0.697. The van der Waals surface area contributed by atoms with Gasteiger partial charge in [0, 0.05) is 17.5 Å². The highest BCUT2D eigenvalue weighted by Crippen LogP contribution is 2.32. The summed E-state index contributed by atoms with van der Waals surface area (Å²) in [6, 6.07) is 7.57. The largest absolute Gasteiger partial charge is 0.340 e. The van der Waals surface area contributed by atoms with E-state index in [0.29, 0.717) is 21.3 Å². The Kier molecular flexibility index (Phi) is 6.14. The van der Waals surface area contributed by atoms with Gasteiger partial charge in [-0.2, -0.15) is 0 Å². The van der Waals surface area contributed by atoms with Gasteiger partial charge in [0.1, 0.15) is 16.8 Å². The van der Waals surface area contributed by atoms with Gasteiger partial charge in [0.25, 0.3) is 5.69 Å². The van der Waals surface area contributed by atoms with Gasteiger partial charge >= 0.3 is 0 Å². The summed E-state index contributed by atoms with van der Waals surface area (Å²) in [5.74, 6) is -0.297. The number of nitro benzene ring substituents is 1. The third-order valence-electron chi connectivity index (χ3n) is 4.61. The molecule has 3 aromatic rings. The number of carbonyl (C=O) groups excluding carboxylic acids is 1. The third-order valence-corrected chi connectivity index (χ3v) is 5.15. The van der Waals surface area contributed by atoms with Crippen molar-refractivity contribution in [2.24, 2.45) is 5.92 Å². The van der Waals surface area contributed by atoms with Crippen molar-refractivity contribution in [1.29, 1.82) is 0 Å². The van der Waals surface area contributed by atoms with Crippen molar-refractivity contribution in [2.45, 2.75) is 27.2 Å². The van der Waals surface area contributed by atoms with Crippen molar-refractivity contribution < 1.29 is 9.72 Å². The fourth-order valence-electron chi connectivity index (χ4n) is 3.22. The SMILES string of the molecule is Cc1ccc([N+](=O)[O-])c2c(=O)c(C(=O)CC(C)C)c(Nc3ccc(Cl)cc3Cl)[nH]c12. The number of Topliss-reactive ketones (excluding diaryl/α,β-unsaturated/α-hetero) is 1. The van der Waals surface area contributed by atoms with Crippen molar-refractivity contribution in [2.75, 3.05) is 5.32 Å². The molecule has 7 nitrogen and oxygen atoms in total. The summed E-state index contributed by atoms with van der Waals surface area (Å²) < 4.78 is 0. The van der Waals surface area contributed by atoms with Gasteiger partial charge in [-0.05, 0) is 36.6 Å². The van der Waals surface area contributed by atoms with Crippen molar-refractivity contribution in [3.8, 4) is 0 Å². The number of non-ortho nitro benzene ring substituents is 1. The summed E-state index contributed by atoms with van der Waals surface area (Å²) in [5, 5.41) is 15.1. The summed E-state index contributed by atoms with van der Waals surface area (Å²) >= 11 is 12.2. The average Bonchev–Trinajstić information content (AvgIpc) is 2.64. The maximum Gasteiger partial charge on any atom is 0.282 e. The summed E-state index contributed by atoms with van der Waals surface area (Å²) in [4.78, 5) is 40.2. The number of hydrogen-bond donors (Lipinski definition) is 2. The highest BCUT2D eigenvalue weighted by molar-refractivity contribution is 6.36. The van der Waals surface area contributed by atoms with E-state index in [9.17, 15) is 19.7 Å². The Bertz CT molecular complexity index is 1240. The van der Waals surface area contributed by atoms with Gasteiger partial charge < -0.3 is 10.3 Å². The lowest BCUT2D eigenvalue weighted by atomic mass is 9.98. The topological polar surface area (TPSA) is 105 Å². The number of aromatic amines is 1. The second-order valence-corrected chi connectivity index (χ2v) is 8.23. The molecule has 0 unspecified atom stereocenters. The molecule has 0 amide bonds. The van der Waals surface area contributed by atoms with Crippen LogP contribution in [0.1, 0.15) is 36.2 Å². The lowest BCUT2D eigenvalue weighted by Gasteiger charge is -2.15. The van der Waals surface area contributed by atoms with Gasteiger partial charge in [-0.1, -0.05) is 43.1 Å². The number of nitrogens with one attached hydrogen (secondary N) is 2. The van der Waals surface area contributed by atoms with Crippen molar-refractivity contribution >= 4 is 57.1 Å². The number of aromatic nitrogens is 1. The van der Waals surface area contributed by atoms with Crippen LogP contribution in [0.3, 0.4) is 0 Å². The molecule has 0 aliphatic rings. The summed E-state index contributed by atoms with van der Waals surface area (Å²) in [5.41, 5.74) is 0.112. The molecule has 156 valence electrons. The standard InChI is InChI=1S/C21H19Cl2N3O4/c1-10(2)8-16(27)18-20(28)17-15(26(29)30)7-4-11(3)19(17)25-21(18)24-14-6-5-12(22)9-13(14)23/h4-7,9-10H,8H2,1-3H3,(H2,24,25,28). The number of benzene rings is 2. The van der Waals surface area contributed by atoms with Crippen molar-refractivity contribution in [1.82, 2.24) is 4.98 Å². The zero-order valence-corrected chi connectivity index (χ0v) is 18.0. The number of fused-ring (bicyclic) bond motifs is 1. The van der Waals surface area contributed by atoms with Crippen LogP contribution in [0.15, 0.2) is 35.1 Å². The Morgan fingerprint density at radius 3 is 2.53 bits per heavy atom. The van der Waals surface area contributed by atoms with Crippen LogP contribution in [-0.2, 0) is 0 Å². The first kappa shape index (κ1) is 21.8. The van der Waals surface area contributed by atoms with Gasteiger partial charge in [-0.25, -0.2) is 0 Å². The number of rotatable bonds is 6. The van der Waals surface area contributed by atoms with Crippen molar-refractivity contribution in [3.05, 3.63) is 71.8 Å². The lowest BCUT2D eigenvalue weighted by molar-refractivity contribution is -0.383. The number of pyridine rings is 1. The molecule has 0 radical (unpaired) electrons. The predicted molar refractivity (Wildman–Crippen MR) is 119 cm³/mol. The smallest absolute Gasteiger partial charge is 0.282 e. The molecular weight excluding hydrogens is 429 g/mol. The fraction of sp³-hybridized carbons (Fsp3) is 0.238. The minimum absolute atomic E-state index is 0.00735. The highest BCUT2D eigenvalue weighted by atomic mass is 35.5. The zero-order valence-electron chi connectivity index (χ0n) is 16.5. The monoisotopic (exact) mass is 447 g/mol. The highest BCUT2D eigenvalue weighted by Gasteiger charge is 2.26. The van der Waals surface area contributed by atoms with Crippen LogP contribution < -0.4 is 10.7 Å². The molecule has 3 rings (SSSR count). The molecule has 1 heterocycles. The van der Waals surface area contributed by atoms with E-state index in [-0.39, 0.29) is 40.3 Å². The molecule has 0 saturated heterocycles. The molecule has 0 fully saturated rings. The molecule has 0 atom stereocenters. The maximum atomic E-state index is 13.3. The zero-order chi connectivity index (χ0) is 22.2.